The zero-order valence-corrected chi connectivity index (χ0v) is 16.5. The molecule has 0 aliphatic rings. The molecule has 2 N–H and O–H groups in total. The molecule has 8 heteroatoms. The van der Waals surface area contributed by atoms with Gasteiger partial charge in [0.05, 0.1) is 27.7 Å². The molecule has 0 aliphatic heterocycles. The molecule has 0 saturated heterocycles. The van der Waals surface area contributed by atoms with Crippen molar-refractivity contribution in [1.82, 2.24) is 0 Å². The predicted molar refractivity (Wildman–Crippen MR) is 104 cm³/mol. The summed E-state index contributed by atoms with van der Waals surface area (Å²) in [6, 6.07) is 9.54. The average Bonchev–Trinajstić information content (AvgIpc) is 2.58. The van der Waals surface area contributed by atoms with Gasteiger partial charge in [0.25, 0.3) is 5.91 Å². The van der Waals surface area contributed by atoms with Crippen LogP contribution in [-0.4, -0.2) is 23.8 Å². The van der Waals surface area contributed by atoms with Crippen LogP contribution >= 0.6 is 39.1 Å². The topological polar surface area (TPSA) is 67.4 Å². The highest BCUT2D eigenvalue weighted by Gasteiger charge is 2.15. The molecule has 2 amide bonds. The van der Waals surface area contributed by atoms with E-state index in [2.05, 4.69) is 26.6 Å². The van der Waals surface area contributed by atoms with Crippen LogP contribution in [0.4, 0.5) is 11.4 Å². The molecule has 5 nitrogen and oxygen atoms in total. The number of carbonyl (C=O) groups is 2. The van der Waals surface area contributed by atoms with Crippen molar-refractivity contribution in [3.63, 3.8) is 0 Å². The first-order valence-corrected chi connectivity index (χ1v) is 8.88. The SMILES string of the molecule is COc1ccc(C(=O)Nc2ccc(Cl)c(Cl)c2)cc1NC(=O)C(C)Br. The fraction of sp³-hybridized carbons (Fsp3) is 0.176. The van der Waals surface area contributed by atoms with Crippen LogP contribution in [0.1, 0.15) is 17.3 Å². The largest absolute Gasteiger partial charge is 0.495 e. The van der Waals surface area contributed by atoms with Gasteiger partial charge in [0.2, 0.25) is 5.91 Å². The maximum Gasteiger partial charge on any atom is 0.255 e. The molecular weight excluding hydrogens is 431 g/mol. The van der Waals surface area contributed by atoms with E-state index in [-0.39, 0.29) is 16.6 Å². The van der Waals surface area contributed by atoms with Gasteiger partial charge in [-0.2, -0.15) is 0 Å². The normalized spacial score (nSPS) is 11.6. The summed E-state index contributed by atoms with van der Waals surface area (Å²) in [6.45, 7) is 1.70. The summed E-state index contributed by atoms with van der Waals surface area (Å²) in [5, 5.41) is 6.17. The number of carbonyl (C=O) groups excluding carboxylic acids is 2. The molecule has 0 bridgehead atoms. The molecular formula is C17H15BrCl2N2O3. The minimum absolute atomic E-state index is 0.250. The fourth-order valence-electron chi connectivity index (χ4n) is 1.96. The zero-order valence-electron chi connectivity index (χ0n) is 13.4. The molecule has 132 valence electrons. The Morgan fingerprint density at radius 3 is 2.40 bits per heavy atom. The Kier molecular flexibility index (Phi) is 6.70. The minimum Gasteiger partial charge on any atom is -0.495 e. The number of hydrogen-bond acceptors (Lipinski definition) is 3. The first-order valence-electron chi connectivity index (χ1n) is 7.21. The van der Waals surface area contributed by atoms with Crippen molar-refractivity contribution in [2.75, 3.05) is 17.7 Å². The van der Waals surface area contributed by atoms with E-state index in [0.29, 0.717) is 32.7 Å². The Balaban J connectivity index is 2.24. The minimum atomic E-state index is -0.383. The van der Waals surface area contributed by atoms with Crippen LogP contribution < -0.4 is 15.4 Å². The number of amides is 2. The summed E-state index contributed by atoms with van der Waals surface area (Å²) in [5.41, 5.74) is 1.26. The smallest absolute Gasteiger partial charge is 0.255 e. The molecule has 0 aromatic heterocycles. The van der Waals surface area contributed by atoms with Crippen LogP contribution in [0.5, 0.6) is 5.75 Å². The Morgan fingerprint density at radius 1 is 1.08 bits per heavy atom. The summed E-state index contributed by atoms with van der Waals surface area (Å²) in [4.78, 5) is 23.9. The standard InChI is InChI=1S/C17H15BrCl2N2O3/c1-9(18)16(23)22-14-7-10(3-6-15(14)25-2)17(24)21-11-4-5-12(19)13(20)8-11/h3-9H,1-2H3,(H,21,24)(H,22,23). The molecule has 0 fully saturated rings. The lowest BCUT2D eigenvalue weighted by Gasteiger charge is -2.13. The number of benzene rings is 2. The quantitative estimate of drug-likeness (QED) is 0.638. The van der Waals surface area contributed by atoms with E-state index < -0.39 is 0 Å². The van der Waals surface area contributed by atoms with Crippen molar-refractivity contribution in [1.29, 1.82) is 0 Å². The second-order valence-corrected chi connectivity index (χ2v) is 7.29. The van der Waals surface area contributed by atoms with E-state index in [1.54, 1.807) is 43.3 Å². The van der Waals surface area contributed by atoms with E-state index in [1.807, 2.05) is 0 Å². The van der Waals surface area contributed by atoms with Crippen molar-refractivity contribution in [2.45, 2.75) is 11.8 Å². The van der Waals surface area contributed by atoms with E-state index in [4.69, 9.17) is 27.9 Å². The Bertz CT molecular complexity index is 812. The monoisotopic (exact) mass is 444 g/mol. The van der Waals surface area contributed by atoms with E-state index in [1.165, 1.54) is 7.11 Å². The highest BCUT2D eigenvalue weighted by Crippen LogP contribution is 2.28. The maximum atomic E-state index is 12.4. The maximum absolute atomic E-state index is 12.4. The number of hydrogen-bond donors (Lipinski definition) is 2. The summed E-state index contributed by atoms with van der Waals surface area (Å²) in [7, 11) is 1.48. The van der Waals surface area contributed by atoms with Crippen molar-refractivity contribution in [3.8, 4) is 5.75 Å². The molecule has 0 spiro atoms. The number of rotatable bonds is 5. The number of halogens is 3. The van der Waals surface area contributed by atoms with Gasteiger partial charge in [0.15, 0.2) is 0 Å². The Morgan fingerprint density at radius 2 is 1.80 bits per heavy atom. The van der Waals surface area contributed by atoms with Gasteiger partial charge in [-0.15, -0.1) is 0 Å². The Labute approximate surface area is 163 Å². The number of alkyl halides is 1. The molecule has 0 radical (unpaired) electrons. The predicted octanol–water partition coefficient (Wildman–Crippen LogP) is 4.98. The lowest BCUT2D eigenvalue weighted by atomic mass is 10.1. The van der Waals surface area contributed by atoms with Crippen molar-refractivity contribution in [3.05, 3.63) is 52.0 Å². The Hall–Kier alpha value is -1.76. The highest BCUT2D eigenvalue weighted by molar-refractivity contribution is 9.10. The van der Waals surface area contributed by atoms with Crippen molar-refractivity contribution in [2.24, 2.45) is 0 Å². The van der Waals surface area contributed by atoms with Crippen molar-refractivity contribution >= 4 is 62.3 Å². The molecule has 2 rings (SSSR count). The van der Waals surface area contributed by atoms with Crippen LogP contribution in [-0.2, 0) is 4.79 Å². The van der Waals surface area contributed by atoms with E-state index in [9.17, 15) is 9.59 Å². The van der Waals surface area contributed by atoms with Gasteiger partial charge < -0.3 is 15.4 Å². The summed E-state index contributed by atoms with van der Waals surface area (Å²) in [5.74, 6) is -0.156. The van der Waals surface area contributed by atoms with E-state index >= 15 is 0 Å². The summed E-state index contributed by atoms with van der Waals surface area (Å²) in [6.07, 6.45) is 0. The zero-order chi connectivity index (χ0) is 18.6. The first-order chi connectivity index (χ1) is 11.8. The second kappa shape index (κ2) is 8.56. The van der Waals surface area contributed by atoms with Crippen LogP contribution in [0.2, 0.25) is 10.0 Å². The molecule has 0 saturated carbocycles. The molecule has 2 aromatic rings. The molecule has 0 aliphatic carbocycles. The van der Waals surface area contributed by atoms with Crippen LogP contribution in [0, 0.1) is 0 Å². The summed E-state index contributed by atoms with van der Waals surface area (Å²) >= 11 is 15.0. The number of nitrogens with one attached hydrogen (secondary N) is 2. The van der Waals surface area contributed by atoms with Crippen LogP contribution in [0.15, 0.2) is 36.4 Å². The van der Waals surface area contributed by atoms with Gasteiger partial charge >= 0.3 is 0 Å². The molecule has 1 unspecified atom stereocenters. The highest BCUT2D eigenvalue weighted by atomic mass is 79.9. The van der Waals surface area contributed by atoms with Gasteiger partial charge in [-0.25, -0.2) is 0 Å². The fourth-order valence-corrected chi connectivity index (χ4v) is 2.37. The number of anilines is 2. The third kappa shape index (κ3) is 5.11. The first kappa shape index (κ1) is 19.6. The molecule has 25 heavy (non-hydrogen) atoms. The number of methoxy groups -OCH3 is 1. The van der Waals surface area contributed by atoms with Gasteiger partial charge in [0.1, 0.15) is 5.75 Å². The van der Waals surface area contributed by atoms with E-state index in [0.717, 1.165) is 0 Å². The van der Waals surface area contributed by atoms with Gasteiger partial charge in [-0.1, -0.05) is 39.1 Å². The van der Waals surface area contributed by atoms with Gasteiger partial charge in [0, 0.05) is 11.3 Å². The van der Waals surface area contributed by atoms with Gasteiger partial charge in [-0.3, -0.25) is 9.59 Å². The van der Waals surface area contributed by atoms with Crippen molar-refractivity contribution < 1.29 is 14.3 Å². The molecule has 2 aromatic carbocycles. The third-order valence-electron chi connectivity index (χ3n) is 3.26. The number of ether oxygens (including phenoxy) is 1. The molecule has 1 atom stereocenters. The second-order valence-electron chi connectivity index (χ2n) is 5.10. The lowest BCUT2D eigenvalue weighted by molar-refractivity contribution is -0.115. The molecule has 0 heterocycles. The average molecular weight is 446 g/mol. The van der Waals surface area contributed by atoms with Gasteiger partial charge in [-0.05, 0) is 43.3 Å². The third-order valence-corrected chi connectivity index (χ3v) is 4.41. The lowest BCUT2D eigenvalue weighted by Crippen LogP contribution is -2.21. The summed E-state index contributed by atoms with van der Waals surface area (Å²) < 4.78 is 5.21. The van der Waals surface area contributed by atoms with Crippen LogP contribution in [0.25, 0.3) is 0 Å². The van der Waals surface area contributed by atoms with Crippen LogP contribution in [0.3, 0.4) is 0 Å².